The Kier molecular flexibility index (Phi) is 3.65. The summed E-state index contributed by atoms with van der Waals surface area (Å²) in [6.45, 7) is 2.39. The third-order valence-electron chi connectivity index (χ3n) is 2.60. The average molecular weight is 263 g/mol. The number of sulfone groups is 1. The molecule has 1 aliphatic rings. The fourth-order valence-electron chi connectivity index (χ4n) is 1.37. The van der Waals surface area contributed by atoms with E-state index in [1.54, 1.807) is 0 Å². The molecular weight excluding hydrogens is 250 g/mol. The van der Waals surface area contributed by atoms with Crippen molar-refractivity contribution in [1.82, 2.24) is 0 Å². The quantitative estimate of drug-likeness (QED) is 0.305. The van der Waals surface area contributed by atoms with Gasteiger partial charge in [-0.05, 0) is 0 Å². The number of nitrogens with zero attached hydrogens (tertiary/aromatic N) is 3. The summed E-state index contributed by atoms with van der Waals surface area (Å²) in [7, 11) is -3.34. The monoisotopic (exact) mass is 263 g/mol. The second-order valence-corrected chi connectivity index (χ2v) is 6.09. The van der Waals surface area contributed by atoms with Crippen LogP contribution >= 0.6 is 0 Å². The normalized spacial score (nSPS) is 24.4. The fourth-order valence-corrected chi connectivity index (χ4v) is 2.19. The number of quaternary nitrogens is 1. The minimum atomic E-state index is -3.34. The zero-order chi connectivity index (χ0) is 13.3. The molecule has 0 saturated heterocycles. The van der Waals surface area contributed by atoms with E-state index in [-0.39, 0.29) is 11.6 Å². The van der Waals surface area contributed by atoms with E-state index in [1.165, 1.54) is 13.8 Å². The second kappa shape index (κ2) is 4.51. The SMILES string of the molecule is CCS(=O)(=O)CC[N+]1([O-])C([N+](=O)[O-])=CN=C1C. The molecular formula is C8H13N3O5S. The van der Waals surface area contributed by atoms with Gasteiger partial charge in [0.1, 0.15) is 17.2 Å². The van der Waals surface area contributed by atoms with Gasteiger partial charge in [-0.3, -0.25) is 10.1 Å². The summed E-state index contributed by atoms with van der Waals surface area (Å²) in [5, 5.41) is 22.9. The molecule has 1 atom stereocenters. The fraction of sp³-hybridized carbons (Fsp3) is 0.625. The van der Waals surface area contributed by atoms with Crippen molar-refractivity contribution in [2.45, 2.75) is 13.8 Å². The van der Waals surface area contributed by atoms with Gasteiger partial charge in [0.05, 0.1) is 0 Å². The highest BCUT2D eigenvalue weighted by molar-refractivity contribution is 7.91. The highest BCUT2D eigenvalue weighted by Gasteiger charge is 2.41. The van der Waals surface area contributed by atoms with Gasteiger partial charge in [0.2, 0.25) is 5.84 Å². The van der Waals surface area contributed by atoms with Gasteiger partial charge in [-0.15, -0.1) is 0 Å². The van der Waals surface area contributed by atoms with Crippen LogP contribution in [0.5, 0.6) is 0 Å². The van der Waals surface area contributed by atoms with Crippen LogP contribution in [0.2, 0.25) is 0 Å². The minimum absolute atomic E-state index is 0.0250. The Hall–Kier alpha value is -1.32. The average Bonchev–Trinajstić information content (AvgIpc) is 2.54. The van der Waals surface area contributed by atoms with E-state index in [9.17, 15) is 23.7 Å². The van der Waals surface area contributed by atoms with E-state index >= 15 is 0 Å². The Balaban J connectivity index is 2.91. The first-order valence-electron chi connectivity index (χ1n) is 4.92. The van der Waals surface area contributed by atoms with Gasteiger partial charge in [0.25, 0.3) is 0 Å². The van der Waals surface area contributed by atoms with Crippen molar-refractivity contribution in [3.63, 3.8) is 0 Å². The third kappa shape index (κ3) is 2.68. The molecule has 1 rings (SSSR count). The van der Waals surface area contributed by atoms with Gasteiger partial charge >= 0.3 is 5.82 Å². The molecule has 0 aromatic carbocycles. The zero-order valence-corrected chi connectivity index (χ0v) is 10.3. The molecule has 1 heterocycles. The lowest BCUT2D eigenvalue weighted by atomic mass is 10.5. The molecule has 0 radical (unpaired) electrons. The van der Waals surface area contributed by atoms with E-state index < -0.39 is 37.5 Å². The van der Waals surface area contributed by atoms with Gasteiger partial charge in [0.15, 0.2) is 16.0 Å². The van der Waals surface area contributed by atoms with Crippen LogP contribution in [-0.4, -0.2) is 41.9 Å². The minimum Gasteiger partial charge on any atom is -0.616 e. The molecule has 96 valence electrons. The summed E-state index contributed by atoms with van der Waals surface area (Å²) in [4.78, 5) is 13.4. The second-order valence-electron chi connectivity index (χ2n) is 3.62. The molecule has 9 heteroatoms. The number of aliphatic imine (C=N–C) groups is 1. The number of hydrogen-bond donors (Lipinski definition) is 0. The number of amidine groups is 1. The molecule has 0 spiro atoms. The molecule has 0 N–H and O–H groups in total. The van der Waals surface area contributed by atoms with Crippen LogP contribution in [0.25, 0.3) is 0 Å². The van der Waals surface area contributed by atoms with Crippen LogP contribution in [0.4, 0.5) is 0 Å². The number of hydrogen-bond acceptors (Lipinski definition) is 6. The molecule has 0 aliphatic carbocycles. The van der Waals surface area contributed by atoms with Gasteiger partial charge < -0.3 is 5.21 Å². The lowest BCUT2D eigenvalue weighted by molar-refractivity contribution is -0.818. The zero-order valence-electron chi connectivity index (χ0n) is 9.49. The Morgan fingerprint density at radius 3 is 2.59 bits per heavy atom. The molecule has 0 fully saturated rings. The van der Waals surface area contributed by atoms with E-state index in [0.717, 1.165) is 6.20 Å². The van der Waals surface area contributed by atoms with Crippen molar-refractivity contribution in [2.24, 2.45) is 4.99 Å². The highest BCUT2D eigenvalue weighted by Crippen LogP contribution is 2.24. The van der Waals surface area contributed by atoms with Crippen LogP contribution in [0, 0.1) is 15.3 Å². The predicted molar refractivity (Wildman–Crippen MR) is 61.0 cm³/mol. The first-order chi connectivity index (χ1) is 7.73. The van der Waals surface area contributed by atoms with Crippen LogP contribution in [0.15, 0.2) is 17.0 Å². The third-order valence-corrected chi connectivity index (χ3v) is 4.29. The molecule has 0 bridgehead atoms. The summed E-state index contributed by atoms with van der Waals surface area (Å²) < 4.78 is 21.2. The van der Waals surface area contributed by atoms with Crippen molar-refractivity contribution in [1.29, 1.82) is 0 Å². The van der Waals surface area contributed by atoms with Crippen LogP contribution in [-0.2, 0) is 9.84 Å². The van der Waals surface area contributed by atoms with Gasteiger partial charge in [-0.25, -0.2) is 13.1 Å². The van der Waals surface area contributed by atoms with Crippen LogP contribution in [0.1, 0.15) is 13.8 Å². The molecule has 8 nitrogen and oxygen atoms in total. The first kappa shape index (κ1) is 13.7. The smallest absolute Gasteiger partial charge is 0.452 e. The molecule has 17 heavy (non-hydrogen) atoms. The van der Waals surface area contributed by atoms with Crippen molar-refractivity contribution in [3.8, 4) is 0 Å². The number of nitro groups is 1. The standard InChI is InChI=1S/C8H13N3O5S/c1-3-17(15,16)5-4-11(14)7(2)9-6-8(11)10(12)13/h6H,3-5H2,1-2H3. The summed E-state index contributed by atoms with van der Waals surface area (Å²) in [6.07, 6.45) is 0.876. The van der Waals surface area contributed by atoms with E-state index in [4.69, 9.17) is 0 Å². The van der Waals surface area contributed by atoms with Crippen LogP contribution < -0.4 is 0 Å². The molecule has 0 saturated carbocycles. The summed E-state index contributed by atoms with van der Waals surface area (Å²) >= 11 is 0. The first-order valence-corrected chi connectivity index (χ1v) is 6.74. The summed E-state index contributed by atoms with van der Waals surface area (Å²) in [5.74, 6) is -1.16. The van der Waals surface area contributed by atoms with Gasteiger partial charge in [-0.1, -0.05) is 6.92 Å². The van der Waals surface area contributed by atoms with Crippen molar-refractivity contribution in [2.75, 3.05) is 18.1 Å². The summed E-state index contributed by atoms with van der Waals surface area (Å²) in [5.41, 5.74) is 0. The Morgan fingerprint density at radius 1 is 1.53 bits per heavy atom. The summed E-state index contributed by atoms with van der Waals surface area (Å²) in [6, 6.07) is 0. The number of rotatable bonds is 5. The van der Waals surface area contributed by atoms with E-state index in [2.05, 4.69) is 4.99 Å². The molecule has 0 amide bonds. The topological polar surface area (TPSA) is 113 Å². The Labute approximate surface area is 98.5 Å². The van der Waals surface area contributed by atoms with Crippen LogP contribution in [0.3, 0.4) is 0 Å². The predicted octanol–water partition coefficient (Wildman–Crippen LogP) is 0.243. The molecule has 0 aromatic rings. The maximum Gasteiger partial charge on any atom is 0.452 e. The molecule has 1 aliphatic heterocycles. The van der Waals surface area contributed by atoms with E-state index in [0.29, 0.717) is 0 Å². The maximum absolute atomic E-state index is 12.2. The lowest BCUT2D eigenvalue weighted by Gasteiger charge is -2.33. The number of hydroxylamine groups is 3. The Morgan fingerprint density at radius 2 is 2.12 bits per heavy atom. The lowest BCUT2D eigenvalue weighted by Crippen LogP contribution is -2.48. The van der Waals surface area contributed by atoms with Gasteiger partial charge in [-0.2, -0.15) is 4.99 Å². The maximum atomic E-state index is 12.2. The largest absolute Gasteiger partial charge is 0.616 e. The van der Waals surface area contributed by atoms with E-state index in [1.807, 2.05) is 0 Å². The van der Waals surface area contributed by atoms with Crippen molar-refractivity contribution >= 4 is 15.7 Å². The van der Waals surface area contributed by atoms with Crippen molar-refractivity contribution < 1.29 is 18.0 Å². The highest BCUT2D eigenvalue weighted by atomic mass is 32.2. The molecule has 1 unspecified atom stereocenters. The molecule has 0 aromatic heterocycles. The van der Waals surface area contributed by atoms with Crippen molar-refractivity contribution in [3.05, 3.63) is 27.3 Å². The Bertz CT molecular complexity index is 495. The van der Waals surface area contributed by atoms with Gasteiger partial charge in [0, 0.05) is 12.7 Å².